The van der Waals surface area contributed by atoms with Gasteiger partial charge in [0.05, 0.1) is 21.7 Å². The highest BCUT2D eigenvalue weighted by Gasteiger charge is 2.32. The lowest BCUT2D eigenvalue weighted by molar-refractivity contribution is -0.127. The van der Waals surface area contributed by atoms with E-state index in [4.69, 9.17) is 23.2 Å². The number of carbonyl (C=O) groups excluding carboxylic acids is 2. The van der Waals surface area contributed by atoms with Crippen LogP contribution in [0.25, 0.3) is 0 Å². The molecule has 3 rings (SSSR count). The van der Waals surface area contributed by atoms with Crippen molar-refractivity contribution in [1.82, 2.24) is 14.5 Å². The third-order valence-corrected chi connectivity index (χ3v) is 8.72. The van der Waals surface area contributed by atoms with Gasteiger partial charge in [-0.1, -0.05) is 30.1 Å². The summed E-state index contributed by atoms with van der Waals surface area (Å²) in [4.78, 5) is 27.4. The maximum atomic E-state index is 12.8. The fraction of sp³-hybridized carbons (Fsp3) is 0.619. The molecule has 2 fully saturated rings. The molecule has 0 saturated carbocycles. The lowest BCUT2D eigenvalue weighted by Gasteiger charge is -2.35. The molecule has 10 heteroatoms. The molecule has 31 heavy (non-hydrogen) atoms. The Kier molecular flexibility index (Phi) is 8.24. The molecule has 0 aromatic heterocycles. The Labute approximate surface area is 194 Å². The number of carbonyl (C=O) groups is 2. The van der Waals surface area contributed by atoms with E-state index in [1.54, 1.807) is 23.1 Å². The molecule has 172 valence electrons. The Hall–Kier alpha value is -1.35. The summed E-state index contributed by atoms with van der Waals surface area (Å²) in [7, 11) is -3.20. The van der Waals surface area contributed by atoms with Gasteiger partial charge in [-0.2, -0.15) is 0 Å². The van der Waals surface area contributed by atoms with Crippen LogP contribution < -0.4 is 5.32 Å². The zero-order valence-electron chi connectivity index (χ0n) is 17.6. The smallest absolute Gasteiger partial charge is 0.253 e. The molecule has 0 radical (unpaired) electrons. The predicted molar refractivity (Wildman–Crippen MR) is 122 cm³/mol. The molecule has 0 spiro atoms. The summed E-state index contributed by atoms with van der Waals surface area (Å²) in [5.74, 6) is -0.344. The number of piperidine rings is 2. The predicted octanol–water partition coefficient (Wildman–Crippen LogP) is 3.17. The third-order valence-electron chi connectivity index (χ3n) is 5.90. The van der Waals surface area contributed by atoms with E-state index in [9.17, 15) is 18.0 Å². The highest BCUT2D eigenvalue weighted by atomic mass is 35.5. The Morgan fingerprint density at radius 1 is 1.10 bits per heavy atom. The monoisotopic (exact) mass is 489 g/mol. The topological polar surface area (TPSA) is 86.8 Å². The summed E-state index contributed by atoms with van der Waals surface area (Å²) in [6.07, 6.45) is 3.28. The Morgan fingerprint density at radius 3 is 2.45 bits per heavy atom. The SMILES string of the molecule is CCCS(=O)(=O)N1CCC(NC(=O)C2CCCN(C(=O)c3ccc(Cl)c(Cl)c3)C2)CC1. The molecule has 7 nitrogen and oxygen atoms in total. The van der Waals surface area contributed by atoms with Crippen molar-refractivity contribution in [2.45, 2.75) is 45.1 Å². The van der Waals surface area contributed by atoms with Crippen LogP contribution in [0.1, 0.15) is 49.4 Å². The Bertz CT molecular complexity index is 917. The van der Waals surface area contributed by atoms with Crippen molar-refractivity contribution in [3.8, 4) is 0 Å². The number of hydrogen-bond acceptors (Lipinski definition) is 4. The van der Waals surface area contributed by atoms with E-state index in [2.05, 4.69) is 5.32 Å². The van der Waals surface area contributed by atoms with Gasteiger partial charge in [-0.3, -0.25) is 9.59 Å². The van der Waals surface area contributed by atoms with Crippen LogP contribution >= 0.6 is 23.2 Å². The van der Waals surface area contributed by atoms with Crippen molar-refractivity contribution in [3.63, 3.8) is 0 Å². The number of nitrogens with zero attached hydrogens (tertiary/aromatic N) is 2. The fourth-order valence-corrected chi connectivity index (χ4v) is 6.01. The van der Waals surface area contributed by atoms with E-state index < -0.39 is 10.0 Å². The second-order valence-electron chi connectivity index (χ2n) is 8.22. The molecular weight excluding hydrogens is 461 g/mol. The minimum Gasteiger partial charge on any atom is -0.353 e. The molecule has 0 bridgehead atoms. The van der Waals surface area contributed by atoms with Gasteiger partial charge in [0, 0.05) is 37.8 Å². The molecule has 2 saturated heterocycles. The summed E-state index contributed by atoms with van der Waals surface area (Å²) in [5.41, 5.74) is 0.455. The molecular formula is C21H29Cl2N3O4S. The quantitative estimate of drug-likeness (QED) is 0.664. The van der Waals surface area contributed by atoms with Gasteiger partial charge in [0.15, 0.2) is 0 Å². The van der Waals surface area contributed by atoms with Gasteiger partial charge in [-0.15, -0.1) is 0 Å². The molecule has 2 aliphatic rings. The highest BCUT2D eigenvalue weighted by Crippen LogP contribution is 2.25. The van der Waals surface area contributed by atoms with Crippen LogP contribution in [-0.4, -0.2) is 67.4 Å². The van der Waals surface area contributed by atoms with Crippen molar-refractivity contribution < 1.29 is 18.0 Å². The van der Waals surface area contributed by atoms with E-state index in [0.29, 0.717) is 61.1 Å². The van der Waals surface area contributed by atoms with Gasteiger partial charge in [0.2, 0.25) is 15.9 Å². The van der Waals surface area contributed by atoms with Crippen molar-refractivity contribution in [3.05, 3.63) is 33.8 Å². The van der Waals surface area contributed by atoms with Crippen LogP contribution in [0.3, 0.4) is 0 Å². The van der Waals surface area contributed by atoms with E-state index >= 15 is 0 Å². The van der Waals surface area contributed by atoms with Crippen molar-refractivity contribution >= 4 is 45.0 Å². The summed E-state index contributed by atoms with van der Waals surface area (Å²) < 4.78 is 25.9. The van der Waals surface area contributed by atoms with E-state index in [-0.39, 0.29) is 29.5 Å². The number of rotatable bonds is 6. The summed E-state index contributed by atoms with van der Waals surface area (Å²) in [6, 6.07) is 4.75. The van der Waals surface area contributed by atoms with Gasteiger partial charge in [0.25, 0.3) is 5.91 Å². The maximum Gasteiger partial charge on any atom is 0.253 e. The zero-order chi connectivity index (χ0) is 22.6. The second-order valence-corrected chi connectivity index (χ2v) is 11.1. The first-order valence-corrected chi connectivity index (χ1v) is 13.1. The van der Waals surface area contributed by atoms with Gasteiger partial charge < -0.3 is 10.2 Å². The number of likely N-dealkylation sites (tertiary alicyclic amines) is 1. The second kappa shape index (κ2) is 10.5. The standard InChI is InChI=1S/C21H29Cl2N3O4S/c1-2-12-31(29,30)26-10-7-17(8-11-26)24-20(27)16-4-3-9-25(14-16)21(28)15-5-6-18(22)19(23)13-15/h5-6,13,16-17H,2-4,7-12,14H2,1H3,(H,24,27). The normalized spacial score (nSPS) is 21.1. The molecule has 2 aliphatic heterocycles. The first-order valence-electron chi connectivity index (χ1n) is 10.7. The van der Waals surface area contributed by atoms with Crippen LogP contribution in [0.5, 0.6) is 0 Å². The Balaban J connectivity index is 1.53. The Morgan fingerprint density at radius 2 is 1.81 bits per heavy atom. The first kappa shape index (κ1) is 24.3. The fourth-order valence-electron chi connectivity index (χ4n) is 4.17. The zero-order valence-corrected chi connectivity index (χ0v) is 20.0. The molecule has 1 aromatic rings. The summed E-state index contributed by atoms with van der Waals surface area (Å²) in [5, 5.41) is 3.79. The number of benzene rings is 1. The minimum absolute atomic E-state index is 0.0401. The molecule has 2 amide bonds. The average molecular weight is 490 g/mol. The van der Waals surface area contributed by atoms with Crippen LogP contribution in [-0.2, 0) is 14.8 Å². The van der Waals surface area contributed by atoms with E-state index in [1.807, 2.05) is 6.92 Å². The maximum absolute atomic E-state index is 12.8. The molecule has 0 aliphatic carbocycles. The lowest BCUT2D eigenvalue weighted by atomic mass is 9.95. The van der Waals surface area contributed by atoms with Gasteiger partial charge in [-0.25, -0.2) is 12.7 Å². The van der Waals surface area contributed by atoms with E-state index in [1.165, 1.54) is 4.31 Å². The minimum atomic E-state index is -3.20. The van der Waals surface area contributed by atoms with Crippen molar-refractivity contribution in [2.75, 3.05) is 31.9 Å². The summed E-state index contributed by atoms with van der Waals surface area (Å²) >= 11 is 12.0. The lowest BCUT2D eigenvalue weighted by Crippen LogP contribution is -2.51. The molecule has 1 N–H and O–H groups in total. The average Bonchev–Trinajstić information content (AvgIpc) is 2.75. The number of nitrogens with one attached hydrogen (secondary N) is 1. The number of halogens is 2. The highest BCUT2D eigenvalue weighted by molar-refractivity contribution is 7.89. The van der Waals surface area contributed by atoms with Crippen LogP contribution in [0, 0.1) is 5.92 Å². The van der Waals surface area contributed by atoms with Crippen LogP contribution in [0.15, 0.2) is 18.2 Å². The summed E-state index contributed by atoms with van der Waals surface area (Å²) in [6.45, 7) is 3.66. The van der Waals surface area contributed by atoms with Crippen molar-refractivity contribution in [2.24, 2.45) is 5.92 Å². The first-order chi connectivity index (χ1) is 14.7. The number of amides is 2. The molecule has 2 heterocycles. The van der Waals surface area contributed by atoms with Crippen molar-refractivity contribution in [1.29, 1.82) is 0 Å². The van der Waals surface area contributed by atoms with Gasteiger partial charge >= 0.3 is 0 Å². The molecule has 1 unspecified atom stereocenters. The largest absolute Gasteiger partial charge is 0.353 e. The van der Waals surface area contributed by atoms with Crippen LogP contribution in [0.4, 0.5) is 0 Å². The van der Waals surface area contributed by atoms with Gasteiger partial charge in [-0.05, 0) is 50.3 Å². The van der Waals surface area contributed by atoms with E-state index in [0.717, 1.165) is 12.8 Å². The molecule has 1 aromatic carbocycles. The number of hydrogen-bond donors (Lipinski definition) is 1. The number of sulfonamides is 1. The molecule has 1 atom stereocenters. The van der Waals surface area contributed by atoms with Crippen LogP contribution in [0.2, 0.25) is 10.0 Å². The van der Waals surface area contributed by atoms with Gasteiger partial charge in [0.1, 0.15) is 0 Å². The third kappa shape index (κ3) is 6.12.